The third-order valence-corrected chi connectivity index (χ3v) is 5.02. The Balaban J connectivity index is 2.63. The van der Waals surface area contributed by atoms with Crippen molar-refractivity contribution in [2.45, 2.75) is 37.5 Å². The minimum Gasteiger partial charge on any atom is -0.352 e. The number of nitrogens with one attached hydrogen (secondary N) is 1. The summed E-state index contributed by atoms with van der Waals surface area (Å²) in [5.74, 6) is -0.194. The van der Waals surface area contributed by atoms with Gasteiger partial charge in [-0.25, -0.2) is 8.42 Å². The zero-order valence-electron chi connectivity index (χ0n) is 13.3. The predicted octanol–water partition coefficient (Wildman–Crippen LogP) is 2.18. The Bertz CT molecular complexity index is 570. The fraction of sp³-hybridized carbons (Fsp3) is 0.533. The Labute approximate surface area is 132 Å². The quantitative estimate of drug-likeness (QED) is 0.557. The van der Waals surface area contributed by atoms with Crippen LogP contribution >= 0.6 is 0 Å². The van der Waals surface area contributed by atoms with Crippen molar-refractivity contribution in [1.82, 2.24) is 9.79 Å². The lowest BCUT2D eigenvalue weighted by Gasteiger charge is -2.14. The molecule has 124 valence electrons. The van der Waals surface area contributed by atoms with Gasteiger partial charge in [-0.2, -0.15) is 0 Å². The van der Waals surface area contributed by atoms with E-state index < -0.39 is 10.0 Å². The van der Waals surface area contributed by atoms with E-state index in [1.54, 1.807) is 0 Å². The van der Waals surface area contributed by atoms with Crippen LogP contribution < -0.4 is 5.32 Å². The standard InChI is InChI=1S/C15H24N2O4S/c1-4-5-6-7-12-16-15(18)13-8-10-14(11-9-13)22(19,20)17(2)21-3/h8-11H,4-7,12H2,1-3H3,(H,16,18). The first-order valence-electron chi connectivity index (χ1n) is 7.34. The Morgan fingerprint density at radius 3 is 2.36 bits per heavy atom. The van der Waals surface area contributed by atoms with Crippen LogP contribution in [0.3, 0.4) is 0 Å². The minimum absolute atomic E-state index is 0.0799. The average Bonchev–Trinajstić information content (AvgIpc) is 2.53. The number of hydrogen-bond donors (Lipinski definition) is 1. The molecule has 0 aliphatic carbocycles. The van der Waals surface area contributed by atoms with Gasteiger partial charge in [0.25, 0.3) is 15.9 Å². The van der Waals surface area contributed by atoms with Crippen molar-refractivity contribution >= 4 is 15.9 Å². The molecule has 0 spiro atoms. The van der Waals surface area contributed by atoms with Crippen LogP contribution in [0.1, 0.15) is 43.0 Å². The number of nitrogens with zero attached hydrogens (tertiary/aromatic N) is 1. The van der Waals surface area contributed by atoms with Crippen molar-refractivity contribution in [3.63, 3.8) is 0 Å². The molecule has 0 bridgehead atoms. The Hall–Kier alpha value is -1.44. The molecular weight excluding hydrogens is 304 g/mol. The molecule has 0 fully saturated rings. The molecule has 0 radical (unpaired) electrons. The van der Waals surface area contributed by atoms with Crippen LogP contribution in [0, 0.1) is 0 Å². The van der Waals surface area contributed by atoms with Gasteiger partial charge < -0.3 is 5.32 Å². The lowest BCUT2D eigenvalue weighted by Crippen LogP contribution is -2.26. The monoisotopic (exact) mass is 328 g/mol. The van der Waals surface area contributed by atoms with E-state index in [1.807, 2.05) is 0 Å². The Morgan fingerprint density at radius 2 is 1.82 bits per heavy atom. The van der Waals surface area contributed by atoms with Crippen LogP contribution in [-0.4, -0.2) is 39.5 Å². The number of carbonyl (C=O) groups is 1. The number of benzene rings is 1. The van der Waals surface area contributed by atoms with Crippen LogP contribution in [0.5, 0.6) is 0 Å². The van der Waals surface area contributed by atoms with Gasteiger partial charge in [0, 0.05) is 19.2 Å². The molecule has 22 heavy (non-hydrogen) atoms. The van der Waals surface area contributed by atoms with Gasteiger partial charge in [-0.05, 0) is 30.7 Å². The van der Waals surface area contributed by atoms with Crippen LogP contribution in [0.25, 0.3) is 0 Å². The first kappa shape index (κ1) is 18.6. The molecule has 0 saturated heterocycles. The third-order valence-electron chi connectivity index (χ3n) is 3.33. The summed E-state index contributed by atoms with van der Waals surface area (Å²) in [6.07, 6.45) is 4.36. The lowest BCUT2D eigenvalue weighted by molar-refractivity contribution is -0.0258. The van der Waals surface area contributed by atoms with Gasteiger partial charge in [0.15, 0.2) is 0 Å². The van der Waals surface area contributed by atoms with Crippen LogP contribution in [-0.2, 0) is 14.9 Å². The summed E-state index contributed by atoms with van der Waals surface area (Å²) in [6.45, 7) is 2.76. The summed E-state index contributed by atoms with van der Waals surface area (Å²) in [6, 6.07) is 5.79. The Morgan fingerprint density at radius 1 is 1.18 bits per heavy atom. The second-order valence-electron chi connectivity index (χ2n) is 4.94. The number of rotatable bonds is 9. The maximum atomic E-state index is 12.0. The summed E-state index contributed by atoms with van der Waals surface area (Å²) >= 11 is 0. The summed E-state index contributed by atoms with van der Waals surface area (Å²) in [4.78, 5) is 16.7. The van der Waals surface area contributed by atoms with Crippen molar-refractivity contribution in [2.24, 2.45) is 0 Å². The van der Waals surface area contributed by atoms with Crippen LogP contribution in [0.15, 0.2) is 29.2 Å². The summed E-state index contributed by atoms with van der Waals surface area (Å²) in [7, 11) is -1.09. The van der Waals surface area contributed by atoms with Gasteiger partial charge in [-0.1, -0.05) is 30.7 Å². The van der Waals surface area contributed by atoms with Gasteiger partial charge in [0.05, 0.1) is 12.0 Å². The van der Waals surface area contributed by atoms with E-state index in [1.165, 1.54) is 38.4 Å². The van der Waals surface area contributed by atoms with Crippen molar-refractivity contribution < 1.29 is 18.0 Å². The highest BCUT2D eigenvalue weighted by atomic mass is 32.2. The average molecular weight is 328 g/mol. The van der Waals surface area contributed by atoms with Gasteiger partial charge in [-0.15, -0.1) is 0 Å². The molecule has 6 nitrogen and oxygen atoms in total. The number of unbranched alkanes of at least 4 members (excludes halogenated alkanes) is 3. The van der Waals surface area contributed by atoms with E-state index in [2.05, 4.69) is 12.2 Å². The zero-order valence-corrected chi connectivity index (χ0v) is 14.1. The number of sulfonamides is 1. The molecule has 0 aliphatic rings. The normalized spacial score (nSPS) is 11.6. The lowest BCUT2D eigenvalue weighted by atomic mass is 10.2. The van der Waals surface area contributed by atoms with Gasteiger partial charge >= 0.3 is 0 Å². The van der Waals surface area contributed by atoms with Crippen molar-refractivity contribution in [3.05, 3.63) is 29.8 Å². The Kier molecular flexibility index (Phi) is 7.50. The van der Waals surface area contributed by atoms with Crippen molar-refractivity contribution in [1.29, 1.82) is 0 Å². The first-order valence-corrected chi connectivity index (χ1v) is 8.78. The largest absolute Gasteiger partial charge is 0.352 e. The van der Waals surface area contributed by atoms with E-state index in [0.717, 1.165) is 30.2 Å². The summed E-state index contributed by atoms with van der Waals surface area (Å²) in [5.41, 5.74) is 0.439. The highest BCUT2D eigenvalue weighted by Crippen LogP contribution is 2.15. The van der Waals surface area contributed by atoms with Gasteiger partial charge in [0.1, 0.15) is 0 Å². The first-order chi connectivity index (χ1) is 10.4. The molecule has 0 heterocycles. The molecule has 1 rings (SSSR count). The number of carbonyl (C=O) groups excluding carboxylic acids is 1. The molecule has 1 amide bonds. The molecule has 1 aromatic carbocycles. The number of hydrogen-bond acceptors (Lipinski definition) is 4. The van der Waals surface area contributed by atoms with E-state index in [-0.39, 0.29) is 10.8 Å². The molecule has 0 saturated carbocycles. The van der Waals surface area contributed by atoms with Crippen molar-refractivity contribution in [3.8, 4) is 0 Å². The third kappa shape index (κ3) is 5.08. The van der Waals surface area contributed by atoms with E-state index >= 15 is 0 Å². The summed E-state index contributed by atoms with van der Waals surface area (Å²) in [5, 5.41) is 2.83. The molecule has 1 N–H and O–H groups in total. The zero-order chi connectivity index (χ0) is 16.6. The van der Waals surface area contributed by atoms with Crippen LogP contribution in [0.2, 0.25) is 0 Å². The molecule has 0 aliphatic heterocycles. The smallest absolute Gasteiger partial charge is 0.264 e. The maximum absolute atomic E-state index is 12.0. The fourth-order valence-corrected chi connectivity index (χ4v) is 2.85. The number of hydroxylamine groups is 1. The van der Waals surface area contributed by atoms with E-state index in [9.17, 15) is 13.2 Å². The summed E-state index contributed by atoms with van der Waals surface area (Å²) < 4.78 is 24.8. The highest BCUT2D eigenvalue weighted by molar-refractivity contribution is 7.89. The van der Waals surface area contributed by atoms with Crippen LogP contribution in [0.4, 0.5) is 0 Å². The molecule has 0 atom stereocenters. The number of amides is 1. The topological polar surface area (TPSA) is 75.7 Å². The maximum Gasteiger partial charge on any atom is 0.264 e. The minimum atomic E-state index is -3.68. The molecule has 0 aromatic heterocycles. The molecule has 1 aromatic rings. The SMILES string of the molecule is CCCCCCNC(=O)c1ccc(S(=O)(=O)N(C)OC)cc1. The van der Waals surface area contributed by atoms with E-state index in [4.69, 9.17) is 4.84 Å². The van der Waals surface area contributed by atoms with Gasteiger partial charge in [0.2, 0.25) is 0 Å². The fourth-order valence-electron chi connectivity index (χ4n) is 1.88. The highest BCUT2D eigenvalue weighted by Gasteiger charge is 2.20. The molecule has 7 heteroatoms. The van der Waals surface area contributed by atoms with Gasteiger partial charge in [-0.3, -0.25) is 9.63 Å². The predicted molar refractivity (Wildman–Crippen MR) is 84.9 cm³/mol. The molecule has 0 unspecified atom stereocenters. The second-order valence-corrected chi connectivity index (χ2v) is 6.87. The van der Waals surface area contributed by atoms with E-state index in [0.29, 0.717) is 12.1 Å². The van der Waals surface area contributed by atoms with Crippen molar-refractivity contribution in [2.75, 3.05) is 20.7 Å². The molecular formula is C15H24N2O4S. The second kappa shape index (κ2) is 8.87.